The van der Waals surface area contributed by atoms with Gasteiger partial charge in [0.25, 0.3) is 0 Å². The van der Waals surface area contributed by atoms with Crippen molar-refractivity contribution >= 4 is 11.3 Å². The molecule has 1 aromatic heterocycles. The van der Waals surface area contributed by atoms with Crippen LogP contribution in [0.5, 0.6) is 0 Å². The van der Waals surface area contributed by atoms with Crippen molar-refractivity contribution in [1.82, 2.24) is 9.88 Å². The van der Waals surface area contributed by atoms with Gasteiger partial charge in [-0.2, -0.15) is 0 Å². The molecular weight excluding hydrogens is 270 g/mol. The number of hydrogen-bond donors (Lipinski definition) is 1. The lowest BCUT2D eigenvalue weighted by Crippen LogP contribution is -2.37. The predicted molar refractivity (Wildman–Crippen MR) is 82.3 cm³/mol. The molecule has 1 saturated heterocycles. The second-order valence-corrected chi connectivity index (χ2v) is 7.61. The van der Waals surface area contributed by atoms with E-state index < -0.39 is 0 Å². The summed E-state index contributed by atoms with van der Waals surface area (Å²) in [6, 6.07) is 0. The third-order valence-electron chi connectivity index (χ3n) is 3.99. The zero-order chi connectivity index (χ0) is 14.2. The van der Waals surface area contributed by atoms with E-state index in [-0.39, 0.29) is 5.54 Å². The first-order valence-electron chi connectivity index (χ1n) is 7.63. The molecule has 112 valence electrons. The first-order valence-corrected chi connectivity index (χ1v) is 8.45. The molecule has 2 fully saturated rings. The molecule has 1 saturated carbocycles. The van der Waals surface area contributed by atoms with Crippen LogP contribution in [0.4, 0.5) is 0 Å². The van der Waals surface area contributed by atoms with Gasteiger partial charge in [0.1, 0.15) is 0 Å². The highest BCUT2D eigenvalue weighted by atomic mass is 32.1. The SMILES string of the molecule is CC(C)(N)c1sc(CCN2CCOCC2)nc1C1CC1. The van der Waals surface area contributed by atoms with Gasteiger partial charge in [0.15, 0.2) is 0 Å². The highest BCUT2D eigenvalue weighted by molar-refractivity contribution is 7.11. The van der Waals surface area contributed by atoms with E-state index in [2.05, 4.69) is 18.7 Å². The smallest absolute Gasteiger partial charge is 0.0944 e. The maximum Gasteiger partial charge on any atom is 0.0944 e. The maximum atomic E-state index is 6.32. The fraction of sp³-hybridized carbons (Fsp3) is 0.800. The van der Waals surface area contributed by atoms with Crippen LogP contribution >= 0.6 is 11.3 Å². The van der Waals surface area contributed by atoms with Crippen molar-refractivity contribution in [1.29, 1.82) is 0 Å². The average Bonchev–Trinajstić information content (AvgIpc) is 3.16. The third kappa shape index (κ3) is 3.39. The van der Waals surface area contributed by atoms with Crippen molar-refractivity contribution in [3.05, 3.63) is 15.6 Å². The summed E-state index contributed by atoms with van der Waals surface area (Å²) >= 11 is 1.83. The summed E-state index contributed by atoms with van der Waals surface area (Å²) in [7, 11) is 0. The molecule has 1 aliphatic carbocycles. The molecule has 0 atom stereocenters. The monoisotopic (exact) mass is 295 g/mol. The summed E-state index contributed by atoms with van der Waals surface area (Å²) in [5.74, 6) is 0.682. The van der Waals surface area contributed by atoms with Gasteiger partial charge >= 0.3 is 0 Å². The van der Waals surface area contributed by atoms with Crippen LogP contribution in [0.1, 0.15) is 48.2 Å². The maximum absolute atomic E-state index is 6.32. The number of morpholine rings is 1. The number of thiazole rings is 1. The number of rotatable bonds is 5. The lowest BCUT2D eigenvalue weighted by molar-refractivity contribution is 0.0384. The average molecular weight is 295 g/mol. The fourth-order valence-corrected chi connectivity index (χ4v) is 3.81. The summed E-state index contributed by atoms with van der Waals surface area (Å²) < 4.78 is 5.39. The van der Waals surface area contributed by atoms with E-state index >= 15 is 0 Å². The molecule has 0 amide bonds. The standard InChI is InChI=1S/C15H25N3OS/c1-15(2,16)14-13(11-3-4-11)17-12(20-14)5-6-18-7-9-19-10-8-18/h11H,3-10,16H2,1-2H3. The molecular formula is C15H25N3OS. The summed E-state index contributed by atoms with van der Waals surface area (Å²) in [5, 5.41) is 1.26. The Balaban J connectivity index is 1.67. The zero-order valence-corrected chi connectivity index (χ0v) is 13.3. The van der Waals surface area contributed by atoms with Crippen LogP contribution in [0.3, 0.4) is 0 Å². The molecule has 5 heteroatoms. The molecule has 0 bridgehead atoms. The first-order chi connectivity index (χ1) is 9.54. The van der Waals surface area contributed by atoms with Gasteiger partial charge < -0.3 is 10.5 Å². The Morgan fingerprint density at radius 2 is 2.05 bits per heavy atom. The van der Waals surface area contributed by atoms with E-state index in [1.54, 1.807) is 0 Å². The fourth-order valence-electron chi connectivity index (χ4n) is 2.66. The largest absolute Gasteiger partial charge is 0.379 e. The summed E-state index contributed by atoms with van der Waals surface area (Å²) in [6.45, 7) is 9.12. The van der Waals surface area contributed by atoms with Crippen molar-refractivity contribution in [2.24, 2.45) is 5.73 Å². The molecule has 4 nitrogen and oxygen atoms in total. The Labute approximate surface area is 125 Å². The van der Waals surface area contributed by atoms with Gasteiger partial charge in [-0.3, -0.25) is 4.90 Å². The summed E-state index contributed by atoms with van der Waals surface area (Å²) in [6.07, 6.45) is 3.62. The first kappa shape index (κ1) is 14.4. The lowest BCUT2D eigenvalue weighted by Gasteiger charge is -2.26. The minimum absolute atomic E-state index is 0.257. The Hall–Kier alpha value is -0.490. The number of aromatic nitrogens is 1. The molecule has 2 aliphatic rings. The highest BCUT2D eigenvalue weighted by Gasteiger charge is 2.33. The van der Waals surface area contributed by atoms with Crippen LogP contribution in [-0.2, 0) is 16.7 Å². The highest BCUT2D eigenvalue weighted by Crippen LogP contribution is 2.45. The topological polar surface area (TPSA) is 51.4 Å². The minimum atomic E-state index is -0.257. The molecule has 0 unspecified atom stereocenters. The van der Waals surface area contributed by atoms with Crippen LogP contribution in [0.2, 0.25) is 0 Å². The van der Waals surface area contributed by atoms with Crippen molar-refractivity contribution in [3.63, 3.8) is 0 Å². The van der Waals surface area contributed by atoms with Crippen LogP contribution in [0.15, 0.2) is 0 Å². The molecule has 0 spiro atoms. The van der Waals surface area contributed by atoms with Gasteiger partial charge in [0, 0.05) is 42.4 Å². The van der Waals surface area contributed by atoms with Crippen LogP contribution in [0.25, 0.3) is 0 Å². The molecule has 0 radical (unpaired) electrons. The third-order valence-corrected chi connectivity index (χ3v) is 5.46. The van der Waals surface area contributed by atoms with E-state index in [0.717, 1.165) is 39.3 Å². The normalized spacial score (nSPS) is 21.4. The zero-order valence-electron chi connectivity index (χ0n) is 12.5. The van der Waals surface area contributed by atoms with Crippen molar-refractivity contribution in [3.8, 4) is 0 Å². The minimum Gasteiger partial charge on any atom is -0.379 e. The van der Waals surface area contributed by atoms with E-state index in [1.165, 1.54) is 28.4 Å². The Kier molecular flexibility index (Phi) is 4.13. The van der Waals surface area contributed by atoms with Gasteiger partial charge in [-0.25, -0.2) is 4.98 Å². The van der Waals surface area contributed by atoms with Crippen LogP contribution in [0, 0.1) is 0 Å². The van der Waals surface area contributed by atoms with Crippen LogP contribution in [-0.4, -0.2) is 42.7 Å². The van der Waals surface area contributed by atoms with Crippen molar-refractivity contribution in [2.45, 2.75) is 44.6 Å². The van der Waals surface area contributed by atoms with Crippen molar-refractivity contribution in [2.75, 3.05) is 32.8 Å². The number of nitrogens with zero attached hydrogens (tertiary/aromatic N) is 2. The van der Waals surface area contributed by atoms with E-state index in [4.69, 9.17) is 15.5 Å². The van der Waals surface area contributed by atoms with Gasteiger partial charge in [-0.1, -0.05) is 0 Å². The van der Waals surface area contributed by atoms with E-state index in [9.17, 15) is 0 Å². The van der Waals surface area contributed by atoms with Gasteiger partial charge in [0.2, 0.25) is 0 Å². The Morgan fingerprint density at radius 3 is 2.65 bits per heavy atom. The van der Waals surface area contributed by atoms with Gasteiger partial charge in [0.05, 0.1) is 23.9 Å². The lowest BCUT2D eigenvalue weighted by atomic mass is 10.0. The molecule has 1 aliphatic heterocycles. The quantitative estimate of drug-likeness (QED) is 0.904. The number of ether oxygens (including phenoxy) is 1. The molecule has 1 aromatic rings. The second kappa shape index (κ2) is 5.72. The molecule has 3 rings (SSSR count). The Morgan fingerprint density at radius 1 is 1.35 bits per heavy atom. The van der Waals surface area contributed by atoms with E-state index in [1.807, 2.05) is 11.3 Å². The molecule has 20 heavy (non-hydrogen) atoms. The molecule has 2 heterocycles. The van der Waals surface area contributed by atoms with E-state index in [0.29, 0.717) is 5.92 Å². The van der Waals surface area contributed by atoms with Gasteiger partial charge in [-0.05, 0) is 26.7 Å². The van der Waals surface area contributed by atoms with Crippen LogP contribution < -0.4 is 5.73 Å². The van der Waals surface area contributed by atoms with Gasteiger partial charge in [-0.15, -0.1) is 11.3 Å². The molecule has 0 aromatic carbocycles. The van der Waals surface area contributed by atoms with Crippen molar-refractivity contribution < 1.29 is 4.74 Å². The number of hydrogen-bond acceptors (Lipinski definition) is 5. The predicted octanol–water partition coefficient (Wildman–Crippen LogP) is 2.09. The second-order valence-electron chi connectivity index (χ2n) is 6.52. The molecule has 2 N–H and O–H groups in total. The number of nitrogens with two attached hydrogens (primary N) is 1. The summed E-state index contributed by atoms with van der Waals surface area (Å²) in [4.78, 5) is 8.67. The summed E-state index contributed by atoms with van der Waals surface area (Å²) in [5.41, 5.74) is 7.35. The Bertz CT molecular complexity index is 456.